The summed E-state index contributed by atoms with van der Waals surface area (Å²) in [4.78, 5) is 21.7. The zero-order valence-corrected chi connectivity index (χ0v) is 17.4. The molecule has 0 unspecified atom stereocenters. The smallest absolute Gasteiger partial charge is 0.378 e. The summed E-state index contributed by atoms with van der Waals surface area (Å²) < 4.78 is 45.6. The Bertz CT molecular complexity index is 1050. The van der Waals surface area contributed by atoms with E-state index in [1.54, 1.807) is 6.20 Å². The van der Waals surface area contributed by atoms with Crippen molar-refractivity contribution in [2.75, 3.05) is 38.3 Å². The van der Waals surface area contributed by atoms with E-state index in [1.807, 2.05) is 35.9 Å². The molecule has 0 spiro atoms. The number of aromatic nitrogens is 5. The van der Waals surface area contributed by atoms with Gasteiger partial charge < -0.3 is 14.2 Å². The average molecular weight is 435 g/mol. The number of halogens is 3. The number of rotatable bonds is 6. The molecular formula is C20H24F3N7O. The Hall–Kier alpha value is -2.79. The fourth-order valence-electron chi connectivity index (χ4n) is 3.59. The number of aryl methyl sites for hydroxylation is 1. The second kappa shape index (κ2) is 8.75. The Morgan fingerprint density at radius 3 is 2.61 bits per heavy atom. The van der Waals surface area contributed by atoms with E-state index in [9.17, 15) is 13.2 Å². The van der Waals surface area contributed by atoms with Crippen LogP contribution in [0, 0.1) is 6.92 Å². The van der Waals surface area contributed by atoms with Gasteiger partial charge in [0, 0.05) is 25.8 Å². The van der Waals surface area contributed by atoms with Crippen molar-refractivity contribution < 1.29 is 17.9 Å². The Kier molecular flexibility index (Phi) is 6.05. The summed E-state index contributed by atoms with van der Waals surface area (Å²) >= 11 is 0. The summed E-state index contributed by atoms with van der Waals surface area (Å²) in [5.41, 5.74) is 2.56. The predicted octanol–water partition coefficient (Wildman–Crippen LogP) is 2.56. The maximum atomic E-state index is 13.1. The number of imidazole rings is 1. The molecule has 31 heavy (non-hydrogen) atoms. The third-order valence-electron chi connectivity index (χ3n) is 5.10. The van der Waals surface area contributed by atoms with Gasteiger partial charge in [0.1, 0.15) is 12.4 Å². The molecule has 166 valence electrons. The fraction of sp³-hybridized carbons (Fsp3) is 0.500. The van der Waals surface area contributed by atoms with Crippen molar-refractivity contribution in [3.63, 3.8) is 0 Å². The molecule has 1 saturated heterocycles. The minimum absolute atomic E-state index is 0.186. The van der Waals surface area contributed by atoms with Crippen LogP contribution in [0.15, 0.2) is 24.7 Å². The van der Waals surface area contributed by atoms with Crippen molar-refractivity contribution in [3.05, 3.63) is 41.7 Å². The summed E-state index contributed by atoms with van der Waals surface area (Å²) in [7, 11) is 1.91. The molecule has 4 heterocycles. The highest BCUT2D eigenvalue weighted by molar-refractivity contribution is 5.83. The monoisotopic (exact) mass is 435 g/mol. The molecule has 4 rings (SSSR count). The quantitative estimate of drug-likeness (QED) is 0.589. The van der Waals surface area contributed by atoms with Crippen molar-refractivity contribution in [1.29, 1.82) is 0 Å². The first-order chi connectivity index (χ1) is 14.8. The molecule has 0 aliphatic carbocycles. The summed E-state index contributed by atoms with van der Waals surface area (Å²) in [6, 6.07) is 3.87. The van der Waals surface area contributed by atoms with Gasteiger partial charge in [0.15, 0.2) is 17.0 Å². The Labute approximate surface area is 177 Å². The first-order valence-corrected chi connectivity index (χ1v) is 10.0. The number of hydrogen-bond donors (Lipinski definition) is 0. The van der Waals surface area contributed by atoms with E-state index in [1.165, 1.54) is 6.33 Å². The number of hydrogen-bond acceptors (Lipinski definition) is 7. The number of ether oxygens (including phenoxy) is 1. The third-order valence-corrected chi connectivity index (χ3v) is 5.10. The zero-order chi connectivity index (χ0) is 22.0. The molecule has 11 heteroatoms. The molecule has 0 atom stereocenters. The molecule has 0 saturated carbocycles. The second-order valence-electron chi connectivity index (χ2n) is 7.66. The van der Waals surface area contributed by atoms with Gasteiger partial charge in [-0.15, -0.1) is 0 Å². The number of morpholine rings is 1. The first kappa shape index (κ1) is 21.4. The van der Waals surface area contributed by atoms with Crippen LogP contribution in [0.25, 0.3) is 11.2 Å². The molecule has 1 fully saturated rings. The predicted molar refractivity (Wildman–Crippen MR) is 109 cm³/mol. The lowest BCUT2D eigenvalue weighted by Crippen LogP contribution is -2.37. The largest absolute Gasteiger partial charge is 0.406 e. The van der Waals surface area contributed by atoms with Crippen LogP contribution in [0.2, 0.25) is 0 Å². The summed E-state index contributed by atoms with van der Waals surface area (Å²) in [6.45, 7) is 4.03. The van der Waals surface area contributed by atoms with E-state index in [0.29, 0.717) is 56.6 Å². The molecule has 1 aliphatic heterocycles. The number of nitrogens with zero attached hydrogens (tertiary/aromatic N) is 7. The third kappa shape index (κ3) is 5.10. The highest BCUT2D eigenvalue weighted by Crippen LogP contribution is 2.26. The van der Waals surface area contributed by atoms with E-state index in [0.717, 1.165) is 15.8 Å². The van der Waals surface area contributed by atoms with Gasteiger partial charge in [-0.2, -0.15) is 13.2 Å². The molecule has 1 aliphatic rings. The van der Waals surface area contributed by atoms with Crippen LogP contribution in [0.5, 0.6) is 0 Å². The Morgan fingerprint density at radius 2 is 1.90 bits per heavy atom. The molecule has 0 N–H and O–H groups in total. The van der Waals surface area contributed by atoms with Crippen LogP contribution < -0.4 is 4.90 Å². The summed E-state index contributed by atoms with van der Waals surface area (Å²) in [6.07, 6.45) is -1.45. The van der Waals surface area contributed by atoms with Crippen molar-refractivity contribution in [2.24, 2.45) is 0 Å². The Morgan fingerprint density at radius 1 is 1.13 bits per heavy atom. The minimum atomic E-state index is -4.37. The van der Waals surface area contributed by atoms with Crippen LogP contribution >= 0.6 is 0 Å². The van der Waals surface area contributed by atoms with Gasteiger partial charge in [-0.05, 0) is 25.6 Å². The maximum absolute atomic E-state index is 13.1. The zero-order valence-electron chi connectivity index (χ0n) is 17.4. The van der Waals surface area contributed by atoms with Crippen molar-refractivity contribution in [2.45, 2.75) is 32.7 Å². The van der Waals surface area contributed by atoms with Gasteiger partial charge in [-0.1, -0.05) is 6.07 Å². The number of alkyl halides is 3. The molecule has 8 nitrogen and oxygen atoms in total. The average Bonchev–Trinajstić information content (AvgIpc) is 3.11. The van der Waals surface area contributed by atoms with Gasteiger partial charge in [0.05, 0.1) is 31.8 Å². The highest BCUT2D eigenvalue weighted by atomic mass is 19.4. The van der Waals surface area contributed by atoms with Crippen LogP contribution in [0.3, 0.4) is 0 Å². The lowest BCUT2D eigenvalue weighted by molar-refractivity contribution is -0.140. The molecule has 3 aromatic rings. The lowest BCUT2D eigenvalue weighted by atomic mass is 10.2. The van der Waals surface area contributed by atoms with Gasteiger partial charge >= 0.3 is 6.18 Å². The molecule has 0 aromatic carbocycles. The van der Waals surface area contributed by atoms with E-state index in [4.69, 9.17) is 4.74 Å². The van der Waals surface area contributed by atoms with Crippen LogP contribution in [-0.4, -0.2) is 68.9 Å². The van der Waals surface area contributed by atoms with E-state index in [-0.39, 0.29) is 5.65 Å². The van der Waals surface area contributed by atoms with E-state index >= 15 is 0 Å². The van der Waals surface area contributed by atoms with Gasteiger partial charge in [-0.3, -0.25) is 9.88 Å². The van der Waals surface area contributed by atoms with Crippen LogP contribution in [0.4, 0.5) is 19.0 Å². The second-order valence-corrected chi connectivity index (χ2v) is 7.66. The SMILES string of the molecule is Cc1cccnc1CN(C)Cc1nc(N2CCOCC2)c2ncn(CC(F)(F)F)c2n1. The molecular weight excluding hydrogens is 411 g/mol. The number of pyridine rings is 1. The van der Waals surface area contributed by atoms with Gasteiger partial charge in [0.2, 0.25) is 0 Å². The van der Waals surface area contributed by atoms with Crippen LogP contribution in [-0.2, 0) is 24.4 Å². The van der Waals surface area contributed by atoms with Crippen LogP contribution in [0.1, 0.15) is 17.1 Å². The molecule has 3 aromatic heterocycles. The van der Waals surface area contributed by atoms with Crippen molar-refractivity contribution >= 4 is 17.0 Å². The van der Waals surface area contributed by atoms with Crippen molar-refractivity contribution in [3.8, 4) is 0 Å². The van der Waals surface area contributed by atoms with Gasteiger partial charge in [0.25, 0.3) is 0 Å². The number of fused-ring (bicyclic) bond motifs is 1. The van der Waals surface area contributed by atoms with E-state index < -0.39 is 12.7 Å². The lowest BCUT2D eigenvalue weighted by Gasteiger charge is -2.28. The maximum Gasteiger partial charge on any atom is 0.406 e. The van der Waals surface area contributed by atoms with E-state index in [2.05, 4.69) is 19.9 Å². The van der Waals surface area contributed by atoms with Gasteiger partial charge in [-0.25, -0.2) is 15.0 Å². The standard InChI is InChI=1S/C20H24F3N7O/c1-14-4-3-5-24-15(14)10-28(2)11-16-26-18(29-6-8-31-9-7-29)17-19(27-16)30(13-25-17)12-20(21,22)23/h3-5,13H,6-12H2,1-2H3. The first-order valence-electron chi connectivity index (χ1n) is 10.0. The number of anilines is 1. The Balaban J connectivity index is 1.66. The molecule has 0 radical (unpaired) electrons. The molecule has 0 bridgehead atoms. The topological polar surface area (TPSA) is 72.2 Å². The highest BCUT2D eigenvalue weighted by Gasteiger charge is 2.30. The fourth-order valence-corrected chi connectivity index (χ4v) is 3.59. The minimum Gasteiger partial charge on any atom is -0.378 e. The molecule has 0 amide bonds. The normalized spacial score (nSPS) is 15.2. The summed E-state index contributed by atoms with van der Waals surface area (Å²) in [5, 5.41) is 0. The van der Waals surface area contributed by atoms with Crippen molar-refractivity contribution in [1.82, 2.24) is 29.4 Å². The summed E-state index contributed by atoms with van der Waals surface area (Å²) in [5.74, 6) is 0.987.